The number of rotatable bonds is 4. The largest absolute Gasteiger partial charge is 0.475 e. The van der Waals surface area contributed by atoms with Gasteiger partial charge in [0.05, 0.1) is 6.54 Å². The lowest BCUT2D eigenvalue weighted by Gasteiger charge is -2.55. The highest BCUT2D eigenvalue weighted by molar-refractivity contribution is 6.97. The van der Waals surface area contributed by atoms with Crippen molar-refractivity contribution in [3.05, 3.63) is 0 Å². The predicted molar refractivity (Wildman–Crippen MR) is 80.2 cm³/mol. The van der Waals surface area contributed by atoms with Gasteiger partial charge in [0, 0.05) is 12.6 Å². The molecule has 7 nitrogen and oxygen atoms in total. The second kappa shape index (κ2) is 5.35. The van der Waals surface area contributed by atoms with Gasteiger partial charge in [-0.3, -0.25) is 0 Å². The smallest absolute Gasteiger partial charge is 0.395 e. The zero-order valence-corrected chi connectivity index (χ0v) is 16.5. The van der Waals surface area contributed by atoms with Crippen molar-refractivity contribution in [1.82, 2.24) is 0 Å². The number of aliphatic imine (C=N–C) groups is 1. The van der Waals surface area contributed by atoms with E-state index < -0.39 is 34.7 Å². The van der Waals surface area contributed by atoms with E-state index in [1.165, 1.54) is 0 Å². The monoisotopic (exact) mass is 351 g/mol. The third-order valence-corrected chi connectivity index (χ3v) is 19.8. The van der Waals surface area contributed by atoms with Crippen LogP contribution in [0.3, 0.4) is 0 Å². The van der Waals surface area contributed by atoms with Crippen LogP contribution in [-0.4, -0.2) is 47.4 Å². The zero-order chi connectivity index (χ0) is 15.1. The molecule has 0 saturated carbocycles. The molecule has 11 heteroatoms. The van der Waals surface area contributed by atoms with Crippen molar-refractivity contribution in [1.29, 1.82) is 0 Å². The minimum atomic E-state index is -2.78. The maximum atomic E-state index is 10.1. The van der Waals surface area contributed by atoms with Crippen molar-refractivity contribution < 1.29 is 25.4 Å². The van der Waals surface area contributed by atoms with E-state index in [4.69, 9.17) is 20.6 Å². The standard InChI is InChI=1S/C9H21NO6Si4/c1-17(2)12-19(5)13-18(3,4)15-20(14-17,16-19)8-6-7-10-9-11/h6-8H2,1-5H3. The Morgan fingerprint density at radius 1 is 0.900 bits per heavy atom. The highest BCUT2D eigenvalue weighted by Gasteiger charge is 2.67. The van der Waals surface area contributed by atoms with E-state index in [1.54, 1.807) is 6.08 Å². The Hall–Kier alpha value is 0.0475. The third kappa shape index (κ3) is 3.82. The highest BCUT2D eigenvalue weighted by atomic mass is 28.6. The molecule has 0 radical (unpaired) electrons. The van der Waals surface area contributed by atoms with Gasteiger partial charge in [-0.25, -0.2) is 9.79 Å². The molecule has 20 heavy (non-hydrogen) atoms. The van der Waals surface area contributed by atoms with Gasteiger partial charge >= 0.3 is 34.7 Å². The van der Waals surface area contributed by atoms with Gasteiger partial charge in [-0.05, 0) is 32.6 Å². The average molecular weight is 352 g/mol. The van der Waals surface area contributed by atoms with Crippen molar-refractivity contribution in [3.63, 3.8) is 0 Å². The Kier molecular flexibility index (Phi) is 4.39. The van der Waals surface area contributed by atoms with Crippen LogP contribution in [0.4, 0.5) is 0 Å². The molecule has 0 N–H and O–H groups in total. The molecule has 2 aliphatic rings. The number of isocyanates is 1. The highest BCUT2D eigenvalue weighted by Crippen LogP contribution is 2.41. The van der Waals surface area contributed by atoms with Crippen LogP contribution >= 0.6 is 0 Å². The van der Waals surface area contributed by atoms with Crippen molar-refractivity contribution in [2.45, 2.75) is 45.2 Å². The normalized spacial score (nSPS) is 38.0. The summed E-state index contributed by atoms with van der Waals surface area (Å²) < 4.78 is 30.5. The van der Waals surface area contributed by atoms with Crippen LogP contribution in [0, 0.1) is 0 Å². The molecule has 2 heterocycles. The lowest BCUT2D eigenvalue weighted by molar-refractivity contribution is 0.0734. The van der Waals surface area contributed by atoms with Gasteiger partial charge < -0.3 is 20.6 Å². The second-order valence-corrected chi connectivity index (χ2v) is 19.2. The molecule has 0 aromatic rings. The van der Waals surface area contributed by atoms with Gasteiger partial charge in [0.15, 0.2) is 0 Å². The van der Waals surface area contributed by atoms with Gasteiger partial charge in [0.25, 0.3) is 0 Å². The fourth-order valence-corrected chi connectivity index (χ4v) is 24.2. The first-order valence-electron chi connectivity index (χ1n) is 6.64. The summed E-state index contributed by atoms with van der Waals surface area (Å²) in [7, 11) is -10.1. The minimum absolute atomic E-state index is 0.415. The first-order valence-corrected chi connectivity index (χ1v) is 16.4. The molecule has 0 aromatic heterocycles. The molecule has 0 spiro atoms. The SMILES string of the molecule is C[Si]1(C)O[Si]2(C)O[Si](C)(C)O[Si](CCCN=C=O)(O1)O2. The van der Waals surface area contributed by atoms with Crippen LogP contribution in [0.15, 0.2) is 4.99 Å². The summed E-state index contributed by atoms with van der Waals surface area (Å²) in [4.78, 5) is 13.7. The summed E-state index contributed by atoms with van der Waals surface area (Å²) in [5, 5.41) is 0. The van der Waals surface area contributed by atoms with E-state index in [1.807, 2.05) is 32.7 Å². The summed E-state index contributed by atoms with van der Waals surface area (Å²) in [6, 6.07) is 0.639. The Balaban J connectivity index is 2.19. The molecule has 2 aliphatic heterocycles. The van der Waals surface area contributed by atoms with Crippen LogP contribution in [0.2, 0.25) is 38.8 Å². The van der Waals surface area contributed by atoms with Crippen LogP contribution in [-0.2, 0) is 25.4 Å². The average Bonchev–Trinajstić information content (AvgIpc) is 2.17. The van der Waals surface area contributed by atoms with Crippen LogP contribution in [0.5, 0.6) is 0 Å². The summed E-state index contributed by atoms with van der Waals surface area (Å²) >= 11 is 0. The lowest BCUT2D eigenvalue weighted by atomic mass is 10.5. The van der Waals surface area contributed by atoms with Crippen molar-refractivity contribution in [3.8, 4) is 0 Å². The summed E-state index contributed by atoms with van der Waals surface area (Å²) in [6.45, 7) is 10.3. The molecule has 0 unspecified atom stereocenters. The molecule has 0 aliphatic carbocycles. The predicted octanol–water partition coefficient (Wildman–Crippen LogP) is 1.73. The Morgan fingerprint density at radius 3 is 1.95 bits per heavy atom. The summed E-state index contributed by atoms with van der Waals surface area (Å²) in [6.07, 6.45) is 2.22. The van der Waals surface area contributed by atoms with Crippen LogP contribution in [0.25, 0.3) is 0 Å². The maximum absolute atomic E-state index is 10.1. The fourth-order valence-electron chi connectivity index (χ4n) is 2.66. The second-order valence-electron chi connectivity index (χ2n) is 5.93. The number of fused-ring (bicyclic) bond motifs is 2. The Morgan fingerprint density at radius 2 is 1.45 bits per heavy atom. The number of carbonyl (C=O) groups excluding carboxylic acids is 1. The molecular weight excluding hydrogens is 330 g/mol. The molecule has 2 saturated heterocycles. The quantitative estimate of drug-likeness (QED) is 0.332. The first-order chi connectivity index (χ1) is 9.10. The molecule has 0 aromatic carbocycles. The fraction of sp³-hybridized carbons (Fsp3) is 0.889. The molecular formula is C9H21NO6Si4. The van der Waals surface area contributed by atoms with Gasteiger partial charge in [0.1, 0.15) is 0 Å². The van der Waals surface area contributed by atoms with Crippen molar-refractivity contribution in [2.24, 2.45) is 4.99 Å². The maximum Gasteiger partial charge on any atom is 0.475 e. The van der Waals surface area contributed by atoms with Crippen molar-refractivity contribution in [2.75, 3.05) is 6.54 Å². The molecule has 0 amide bonds. The molecule has 2 bridgehead atoms. The van der Waals surface area contributed by atoms with Gasteiger partial charge in [-0.1, -0.05) is 0 Å². The molecule has 2 rings (SSSR count). The topological polar surface area (TPSA) is 75.6 Å². The minimum Gasteiger partial charge on any atom is -0.395 e. The Bertz CT molecular complexity index is 413. The Labute approximate surface area is 123 Å². The lowest BCUT2D eigenvalue weighted by Crippen LogP contribution is -2.77. The molecule has 2 fully saturated rings. The van der Waals surface area contributed by atoms with E-state index in [-0.39, 0.29) is 0 Å². The van der Waals surface area contributed by atoms with Gasteiger partial charge in [-0.15, -0.1) is 0 Å². The van der Waals surface area contributed by atoms with Gasteiger partial charge in [-0.2, -0.15) is 0 Å². The summed E-state index contributed by atoms with van der Waals surface area (Å²) in [5.41, 5.74) is 0. The van der Waals surface area contributed by atoms with E-state index in [2.05, 4.69) is 4.99 Å². The number of nitrogens with zero attached hydrogens (tertiary/aromatic N) is 1. The van der Waals surface area contributed by atoms with Crippen LogP contribution < -0.4 is 0 Å². The molecule has 114 valence electrons. The summed E-state index contributed by atoms with van der Waals surface area (Å²) in [5.74, 6) is 0. The van der Waals surface area contributed by atoms with E-state index in [9.17, 15) is 4.79 Å². The van der Waals surface area contributed by atoms with Crippen molar-refractivity contribution >= 4 is 40.8 Å². The van der Waals surface area contributed by atoms with Gasteiger partial charge in [0.2, 0.25) is 6.08 Å². The number of hydrogen-bond acceptors (Lipinski definition) is 7. The van der Waals surface area contributed by atoms with E-state index >= 15 is 0 Å². The zero-order valence-electron chi connectivity index (χ0n) is 12.5. The first kappa shape index (κ1) is 16.4. The van der Waals surface area contributed by atoms with Crippen LogP contribution in [0.1, 0.15) is 6.42 Å². The molecule has 0 atom stereocenters. The number of hydrogen-bond donors (Lipinski definition) is 0. The van der Waals surface area contributed by atoms with E-state index in [0.29, 0.717) is 19.0 Å². The van der Waals surface area contributed by atoms with E-state index in [0.717, 1.165) is 0 Å². The third-order valence-electron chi connectivity index (χ3n) is 2.82.